The van der Waals surface area contributed by atoms with Crippen molar-refractivity contribution in [1.82, 2.24) is 10.6 Å². The van der Waals surface area contributed by atoms with E-state index in [1.165, 1.54) is 32.1 Å². The van der Waals surface area contributed by atoms with Gasteiger partial charge >= 0.3 is 0 Å². The number of aliphatic imine (C=N–C) groups is 1. The highest BCUT2D eigenvalue weighted by Gasteiger charge is 2.21. The number of benzene rings is 1. The van der Waals surface area contributed by atoms with Crippen LogP contribution < -0.4 is 15.4 Å². The van der Waals surface area contributed by atoms with E-state index in [-0.39, 0.29) is 29.7 Å². The number of aromatic hydroxyl groups is 1. The summed E-state index contributed by atoms with van der Waals surface area (Å²) in [6, 6.07) is 5.72. The molecule has 0 aromatic heterocycles. The average molecular weight is 447 g/mol. The maximum atomic E-state index is 9.95. The molecule has 6 heteroatoms. The van der Waals surface area contributed by atoms with Crippen LogP contribution in [0.2, 0.25) is 0 Å². The largest absolute Gasteiger partial charge is 0.508 e. The highest BCUT2D eigenvalue weighted by Crippen LogP contribution is 2.26. The van der Waals surface area contributed by atoms with Crippen LogP contribution >= 0.6 is 24.0 Å². The van der Waals surface area contributed by atoms with Crippen molar-refractivity contribution >= 4 is 29.9 Å². The van der Waals surface area contributed by atoms with Crippen molar-refractivity contribution in [1.29, 1.82) is 0 Å². The van der Waals surface area contributed by atoms with E-state index >= 15 is 0 Å². The van der Waals surface area contributed by atoms with Crippen LogP contribution in [0.3, 0.4) is 0 Å². The summed E-state index contributed by atoms with van der Waals surface area (Å²) in [6.07, 6.45) is 6.29. The molecule has 1 aromatic carbocycles. The number of rotatable bonds is 5. The zero-order valence-corrected chi connectivity index (χ0v) is 17.2. The molecule has 0 heterocycles. The zero-order valence-electron chi connectivity index (χ0n) is 14.8. The van der Waals surface area contributed by atoms with Gasteiger partial charge in [0.05, 0.1) is 7.11 Å². The molecule has 2 unspecified atom stereocenters. The fourth-order valence-electron chi connectivity index (χ4n) is 3.19. The normalized spacial score (nSPS) is 20.9. The summed E-state index contributed by atoms with van der Waals surface area (Å²) in [5, 5.41) is 16.7. The number of ether oxygens (including phenoxy) is 1. The van der Waals surface area contributed by atoms with Crippen LogP contribution in [-0.2, 0) is 6.54 Å². The van der Waals surface area contributed by atoms with Crippen molar-refractivity contribution in [3.05, 3.63) is 23.8 Å². The summed E-state index contributed by atoms with van der Waals surface area (Å²) < 4.78 is 5.20. The van der Waals surface area contributed by atoms with Crippen molar-refractivity contribution in [2.24, 2.45) is 10.9 Å². The number of hydrogen-bond acceptors (Lipinski definition) is 3. The molecule has 2 rings (SSSR count). The SMILES string of the molecule is CCC1CCCC(NC(=NC)NCc2cc(OC)ccc2O)C1.I. The van der Waals surface area contributed by atoms with Crippen molar-refractivity contribution in [3.63, 3.8) is 0 Å². The van der Waals surface area contributed by atoms with Gasteiger partial charge in [-0.2, -0.15) is 0 Å². The number of halogens is 1. The number of nitrogens with one attached hydrogen (secondary N) is 2. The Labute approximate surface area is 162 Å². The molecule has 1 aliphatic rings. The van der Waals surface area contributed by atoms with Gasteiger partial charge in [0, 0.05) is 25.2 Å². The molecule has 2 atom stereocenters. The Balaban J connectivity index is 0.00000288. The molecular weight excluding hydrogens is 417 g/mol. The summed E-state index contributed by atoms with van der Waals surface area (Å²) in [6.45, 7) is 2.78. The first-order chi connectivity index (χ1) is 11.2. The Morgan fingerprint density at radius 2 is 2.17 bits per heavy atom. The number of phenolic OH excluding ortho intramolecular Hbond substituents is 1. The highest BCUT2D eigenvalue weighted by molar-refractivity contribution is 14.0. The number of hydrogen-bond donors (Lipinski definition) is 3. The molecule has 0 radical (unpaired) electrons. The topological polar surface area (TPSA) is 65.9 Å². The number of nitrogens with zero attached hydrogens (tertiary/aromatic N) is 1. The third kappa shape index (κ3) is 6.03. The minimum Gasteiger partial charge on any atom is -0.508 e. The molecule has 3 N–H and O–H groups in total. The molecule has 1 fully saturated rings. The molecule has 0 aliphatic heterocycles. The fraction of sp³-hybridized carbons (Fsp3) is 0.611. The standard InChI is InChI=1S/C18H29N3O2.HI/c1-4-13-6-5-7-15(10-13)21-18(19-2)20-12-14-11-16(23-3)8-9-17(14)22;/h8-9,11,13,15,22H,4-7,10,12H2,1-3H3,(H2,19,20,21);1H. The molecule has 1 aliphatic carbocycles. The Bertz CT molecular complexity index is 537. The van der Waals surface area contributed by atoms with Crippen molar-refractivity contribution in [3.8, 4) is 11.5 Å². The number of methoxy groups -OCH3 is 1. The van der Waals surface area contributed by atoms with Gasteiger partial charge in [-0.15, -0.1) is 24.0 Å². The summed E-state index contributed by atoms with van der Waals surface area (Å²) in [5.74, 6) is 2.61. The maximum absolute atomic E-state index is 9.95. The first-order valence-corrected chi connectivity index (χ1v) is 8.49. The van der Waals surface area contributed by atoms with Crippen LogP contribution in [-0.4, -0.2) is 31.3 Å². The molecule has 0 bridgehead atoms. The first kappa shape index (κ1) is 20.9. The molecule has 1 saturated carbocycles. The van der Waals surface area contributed by atoms with E-state index in [0.29, 0.717) is 12.6 Å². The van der Waals surface area contributed by atoms with E-state index in [4.69, 9.17) is 4.74 Å². The lowest BCUT2D eigenvalue weighted by atomic mass is 9.84. The second-order valence-corrected chi connectivity index (χ2v) is 6.20. The van der Waals surface area contributed by atoms with Gasteiger partial charge in [-0.1, -0.05) is 26.2 Å². The highest BCUT2D eigenvalue weighted by atomic mass is 127. The van der Waals surface area contributed by atoms with Crippen molar-refractivity contribution in [2.75, 3.05) is 14.2 Å². The average Bonchev–Trinajstić information content (AvgIpc) is 2.59. The third-order valence-electron chi connectivity index (χ3n) is 4.66. The third-order valence-corrected chi connectivity index (χ3v) is 4.66. The Morgan fingerprint density at radius 3 is 2.83 bits per heavy atom. The van der Waals surface area contributed by atoms with Gasteiger partial charge in [-0.05, 0) is 37.0 Å². The Morgan fingerprint density at radius 1 is 1.38 bits per heavy atom. The quantitative estimate of drug-likeness (QED) is 0.366. The summed E-state index contributed by atoms with van der Waals surface area (Å²) in [7, 11) is 3.40. The fourth-order valence-corrected chi connectivity index (χ4v) is 3.19. The van der Waals surface area contributed by atoms with E-state index in [2.05, 4.69) is 22.5 Å². The van der Waals surface area contributed by atoms with Gasteiger partial charge < -0.3 is 20.5 Å². The van der Waals surface area contributed by atoms with Crippen molar-refractivity contribution < 1.29 is 9.84 Å². The lowest BCUT2D eigenvalue weighted by molar-refractivity contribution is 0.298. The van der Waals surface area contributed by atoms with E-state index in [0.717, 1.165) is 23.2 Å². The summed E-state index contributed by atoms with van der Waals surface area (Å²) in [5.41, 5.74) is 0.794. The van der Waals surface area contributed by atoms with Crippen LogP contribution in [0.25, 0.3) is 0 Å². The van der Waals surface area contributed by atoms with Crippen LogP contribution in [0.15, 0.2) is 23.2 Å². The molecule has 24 heavy (non-hydrogen) atoms. The van der Waals surface area contributed by atoms with Crippen LogP contribution in [0.4, 0.5) is 0 Å². The Kier molecular flexibility index (Phi) is 9.25. The lowest BCUT2D eigenvalue weighted by Crippen LogP contribution is -2.45. The monoisotopic (exact) mass is 447 g/mol. The van der Waals surface area contributed by atoms with Gasteiger partial charge in [0.15, 0.2) is 5.96 Å². The predicted molar refractivity (Wildman–Crippen MR) is 109 cm³/mol. The van der Waals surface area contributed by atoms with E-state index < -0.39 is 0 Å². The van der Waals surface area contributed by atoms with Gasteiger partial charge in [0.1, 0.15) is 11.5 Å². The minimum atomic E-state index is 0. The minimum absolute atomic E-state index is 0. The first-order valence-electron chi connectivity index (χ1n) is 8.49. The van der Waals surface area contributed by atoms with Gasteiger partial charge in [-0.25, -0.2) is 0 Å². The second-order valence-electron chi connectivity index (χ2n) is 6.20. The summed E-state index contributed by atoms with van der Waals surface area (Å²) >= 11 is 0. The smallest absolute Gasteiger partial charge is 0.191 e. The van der Waals surface area contributed by atoms with Gasteiger partial charge in [0.25, 0.3) is 0 Å². The predicted octanol–water partition coefficient (Wildman–Crippen LogP) is 3.65. The molecule has 0 amide bonds. The zero-order chi connectivity index (χ0) is 16.7. The molecule has 5 nitrogen and oxygen atoms in total. The molecule has 0 saturated heterocycles. The second kappa shape index (κ2) is 10.6. The van der Waals surface area contributed by atoms with E-state index in [9.17, 15) is 5.11 Å². The molecule has 1 aromatic rings. The number of phenols is 1. The lowest BCUT2D eigenvalue weighted by Gasteiger charge is -2.30. The van der Waals surface area contributed by atoms with Gasteiger partial charge in [-0.3, -0.25) is 4.99 Å². The van der Waals surface area contributed by atoms with Crippen molar-refractivity contribution in [2.45, 2.75) is 51.6 Å². The Hall–Kier alpha value is -1.18. The maximum Gasteiger partial charge on any atom is 0.191 e. The van der Waals surface area contributed by atoms with Crippen LogP contribution in [0, 0.1) is 5.92 Å². The number of guanidine groups is 1. The molecule has 0 spiro atoms. The van der Waals surface area contributed by atoms with Crippen LogP contribution in [0.5, 0.6) is 11.5 Å². The molecule has 136 valence electrons. The van der Waals surface area contributed by atoms with Crippen LogP contribution in [0.1, 0.15) is 44.6 Å². The van der Waals surface area contributed by atoms with E-state index in [1.807, 2.05) is 6.07 Å². The van der Waals surface area contributed by atoms with Gasteiger partial charge in [0.2, 0.25) is 0 Å². The van der Waals surface area contributed by atoms with E-state index in [1.54, 1.807) is 26.3 Å². The molecular formula is C18H30IN3O2. The summed E-state index contributed by atoms with van der Waals surface area (Å²) in [4.78, 5) is 4.30.